The Hall–Kier alpha value is -2.53. The maximum absolute atomic E-state index is 12.2. The van der Waals surface area contributed by atoms with E-state index in [4.69, 9.17) is 16.3 Å². The highest BCUT2D eigenvalue weighted by atomic mass is 35.5. The number of carbonyl (C=O) groups excluding carboxylic acids is 2. The number of aromatic hydroxyl groups is 2. The number of rotatable bonds is 4. The van der Waals surface area contributed by atoms with E-state index in [9.17, 15) is 19.8 Å². The van der Waals surface area contributed by atoms with Crippen molar-refractivity contribution in [1.29, 1.82) is 0 Å². The van der Waals surface area contributed by atoms with Crippen molar-refractivity contribution in [3.8, 4) is 11.5 Å². The first-order valence-corrected chi connectivity index (χ1v) is 6.79. The Bertz CT molecular complexity index is 726. The lowest BCUT2D eigenvalue weighted by Gasteiger charge is -2.13. The van der Waals surface area contributed by atoms with Crippen LogP contribution in [0.1, 0.15) is 27.6 Å². The topological polar surface area (TPSA) is 83.8 Å². The van der Waals surface area contributed by atoms with Crippen molar-refractivity contribution in [2.75, 3.05) is 0 Å². The fraction of sp³-hybridized carbons (Fsp3) is 0.125. The smallest absolute Gasteiger partial charge is 0.342 e. The standard InChI is InChI=1S/C16H13ClO5/c1-9(15(20)10-3-2-4-11(17)7-10)22-16(21)13-6-5-12(18)8-14(13)19/h2-9,18-19H,1H3/t9-/m1/s1. The second kappa shape index (κ2) is 6.49. The molecule has 0 aliphatic rings. The second-order valence-electron chi connectivity index (χ2n) is 4.62. The number of hydrogen-bond acceptors (Lipinski definition) is 5. The molecule has 2 N–H and O–H groups in total. The lowest BCUT2D eigenvalue weighted by molar-refractivity contribution is 0.0316. The molecule has 0 aliphatic carbocycles. The molecule has 22 heavy (non-hydrogen) atoms. The van der Waals surface area contributed by atoms with Crippen molar-refractivity contribution in [2.45, 2.75) is 13.0 Å². The van der Waals surface area contributed by atoms with Crippen LogP contribution in [0.15, 0.2) is 42.5 Å². The Morgan fingerprint density at radius 3 is 2.50 bits per heavy atom. The molecule has 0 saturated heterocycles. The van der Waals surface area contributed by atoms with Crippen LogP contribution in [0.25, 0.3) is 0 Å². The van der Waals surface area contributed by atoms with Gasteiger partial charge in [-0.3, -0.25) is 4.79 Å². The Balaban J connectivity index is 2.12. The van der Waals surface area contributed by atoms with Gasteiger partial charge in [0.15, 0.2) is 6.10 Å². The summed E-state index contributed by atoms with van der Waals surface area (Å²) in [5.41, 5.74) is 0.186. The number of benzene rings is 2. The van der Waals surface area contributed by atoms with Crippen LogP contribution in [0.5, 0.6) is 11.5 Å². The van der Waals surface area contributed by atoms with Gasteiger partial charge >= 0.3 is 5.97 Å². The number of phenolic OH excluding ortho intramolecular Hbond substituents is 2. The zero-order chi connectivity index (χ0) is 16.3. The van der Waals surface area contributed by atoms with Gasteiger partial charge in [-0.1, -0.05) is 23.7 Å². The average molecular weight is 321 g/mol. The summed E-state index contributed by atoms with van der Waals surface area (Å²) in [6, 6.07) is 9.76. The number of esters is 1. The molecular formula is C16H13ClO5. The summed E-state index contributed by atoms with van der Waals surface area (Å²) in [7, 11) is 0. The molecule has 114 valence electrons. The van der Waals surface area contributed by atoms with E-state index in [1.807, 2.05) is 0 Å². The van der Waals surface area contributed by atoms with Gasteiger partial charge < -0.3 is 14.9 Å². The van der Waals surface area contributed by atoms with Crippen molar-refractivity contribution in [3.05, 3.63) is 58.6 Å². The van der Waals surface area contributed by atoms with Crippen LogP contribution < -0.4 is 0 Å². The van der Waals surface area contributed by atoms with Crippen LogP contribution in [-0.4, -0.2) is 28.1 Å². The third kappa shape index (κ3) is 3.56. The summed E-state index contributed by atoms with van der Waals surface area (Å²) in [6.45, 7) is 1.43. The largest absolute Gasteiger partial charge is 0.508 e. The normalized spacial score (nSPS) is 11.7. The van der Waals surface area contributed by atoms with E-state index in [0.29, 0.717) is 10.6 Å². The highest BCUT2D eigenvalue weighted by Gasteiger charge is 2.22. The van der Waals surface area contributed by atoms with E-state index >= 15 is 0 Å². The number of phenols is 2. The predicted molar refractivity (Wildman–Crippen MR) is 80.4 cm³/mol. The molecule has 2 aromatic carbocycles. The number of ketones is 1. The molecule has 5 nitrogen and oxygen atoms in total. The fourth-order valence-corrected chi connectivity index (χ4v) is 2.04. The van der Waals surface area contributed by atoms with Crippen LogP contribution in [-0.2, 0) is 4.74 Å². The van der Waals surface area contributed by atoms with Gasteiger partial charge in [0.25, 0.3) is 0 Å². The number of carbonyl (C=O) groups is 2. The monoisotopic (exact) mass is 320 g/mol. The van der Waals surface area contributed by atoms with Gasteiger partial charge in [0, 0.05) is 16.7 Å². The summed E-state index contributed by atoms with van der Waals surface area (Å²) in [5, 5.41) is 19.2. The Morgan fingerprint density at radius 1 is 1.14 bits per heavy atom. The van der Waals surface area contributed by atoms with Gasteiger partial charge in [0.1, 0.15) is 17.1 Å². The lowest BCUT2D eigenvalue weighted by Crippen LogP contribution is -2.24. The molecule has 0 fully saturated rings. The number of Topliss-reactive ketones (excluding diaryl/α,β-unsaturated/α-hetero) is 1. The van der Waals surface area contributed by atoms with E-state index in [1.165, 1.54) is 25.1 Å². The first-order chi connectivity index (χ1) is 10.4. The molecule has 0 aromatic heterocycles. The number of halogens is 1. The summed E-state index contributed by atoms with van der Waals surface area (Å²) in [4.78, 5) is 24.1. The molecule has 0 bridgehead atoms. The second-order valence-corrected chi connectivity index (χ2v) is 5.06. The minimum absolute atomic E-state index is 0.136. The van der Waals surface area contributed by atoms with Gasteiger partial charge in [0.05, 0.1) is 0 Å². The molecule has 2 aromatic rings. The Morgan fingerprint density at radius 2 is 1.86 bits per heavy atom. The maximum Gasteiger partial charge on any atom is 0.342 e. The summed E-state index contributed by atoms with van der Waals surface area (Å²) >= 11 is 5.81. The van der Waals surface area contributed by atoms with Crippen LogP contribution in [0, 0.1) is 0 Å². The highest BCUT2D eigenvalue weighted by molar-refractivity contribution is 6.31. The van der Waals surface area contributed by atoms with Gasteiger partial charge in [-0.15, -0.1) is 0 Å². The van der Waals surface area contributed by atoms with Crippen LogP contribution in [0.4, 0.5) is 0 Å². The molecular weight excluding hydrogens is 308 g/mol. The summed E-state index contributed by atoms with van der Waals surface area (Å²) < 4.78 is 5.04. The molecule has 0 radical (unpaired) electrons. The molecule has 1 atom stereocenters. The SMILES string of the molecule is C[C@@H](OC(=O)c1ccc(O)cc1O)C(=O)c1cccc(Cl)c1. The molecule has 0 saturated carbocycles. The molecule has 0 heterocycles. The van der Waals surface area contributed by atoms with E-state index in [1.54, 1.807) is 18.2 Å². The first-order valence-electron chi connectivity index (χ1n) is 6.41. The van der Waals surface area contributed by atoms with Crippen molar-refractivity contribution in [3.63, 3.8) is 0 Å². The van der Waals surface area contributed by atoms with E-state index in [2.05, 4.69) is 0 Å². The van der Waals surface area contributed by atoms with Crippen LogP contribution in [0.2, 0.25) is 5.02 Å². The zero-order valence-electron chi connectivity index (χ0n) is 11.6. The molecule has 0 unspecified atom stereocenters. The first kappa shape index (κ1) is 15.9. The number of ether oxygens (including phenoxy) is 1. The van der Waals surface area contributed by atoms with Gasteiger partial charge in [-0.05, 0) is 31.2 Å². The highest BCUT2D eigenvalue weighted by Crippen LogP contribution is 2.24. The molecule has 6 heteroatoms. The number of hydrogen-bond donors (Lipinski definition) is 2. The van der Waals surface area contributed by atoms with Gasteiger partial charge in [-0.2, -0.15) is 0 Å². The third-order valence-corrected chi connectivity index (χ3v) is 3.20. The summed E-state index contributed by atoms with van der Waals surface area (Å²) in [6.07, 6.45) is -1.04. The molecule has 0 amide bonds. The third-order valence-electron chi connectivity index (χ3n) is 2.96. The van der Waals surface area contributed by atoms with Crippen molar-refractivity contribution < 1.29 is 24.5 Å². The van der Waals surface area contributed by atoms with Crippen LogP contribution in [0.3, 0.4) is 0 Å². The molecule has 0 spiro atoms. The van der Waals surface area contributed by atoms with Crippen molar-refractivity contribution in [1.82, 2.24) is 0 Å². The molecule has 0 aliphatic heterocycles. The van der Waals surface area contributed by atoms with E-state index in [-0.39, 0.29) is 11.3 Å². The Labute approximate surface area is 131 Å². The fourth-order valence-electron chi connectivity index (χ4n) is 1.85. The molecule has 2 rings (SSSR count). The average Bonchev–Trinajstić information content (AvgIpc) is 2.46. The van der Waals surface area contributed by atoms with Gasteiger partial charge in [0.2, 0.25) is 5.78 Å². The van der Waals surface area contributed by atoms with E-state index in [0.717, 1.165) is 6.07 Å². The van der Waals surface area contributed by atoms with Crippen LogP contribution >= 0.6 is 11.6 Å². The van der Waals surface area contributed by atoms with E-state index < -0.39 is 23.6 Å². The Kier molecular flexibility index (Phi) is 4.68. The van der Waals surface area contributed by atoms with Crippen molar-refractivity contribution in [2.24, 2.45) is 0 Å². The maximum atomic E-state index is 12.2. The lowest BCUT2D eigenvalue weighted by atomic mass is 10.1. The quantitative estimate of drug-likeness (QED) is 0.667. The summed E-state index contributed by atoms with van der Waals surface area (Å²) in [5.74, 6) is -1.88. The van der Waals surface area contributed by atoms with Crippen molar-refractivity contribution >= 4 is 23.4 Å². The predicted octanol–water partition coefficient (Wildman–Crippen LogP) is 3.18. The minimum atomic E-state index is -1.04. The minimum Gasteiger partial charge on any atom is -0.508 e. The van der Waals surface area contributed by atoms with Gasteiger partial charge in [-0.25, -0.2) is 4.79 Å². The zero-order valence-corrected chi connectivity index (χ0v) is 12.4.